The SMILES string of the molecule is Cc1ccccc1-c1noc(COC(=O)C[C@H]2Sc3ccccc3NC2=O)n1. The minimum absolute atomic E-state index is 0.0381. The zero-order valence-corrected chi connectivity index (χ0v) is 15.9. The molecular weight excluding hydrogens is 378 g/mol. The van der Waals surface area contributed by atoms with Crippen LogP contribution in [-0.2, 0) is 20.9 Å². The maximum absolute atomic E-state index is 12.2. The van der Waals surface area contributed by atoms with Crippen LogP contribution in [0.3, 0.4) is 0 Å². The number of para-hydroxylation sites is 1. The van der Waals surface area contributed by atoms with E-state index in [-0.39, 0.29) is 24.8 Å². The van der Waals surface area contributed by atoms with Gasteiger partial charge in [0.05, 0.1) is 17.4 Å². The van der Waals surface area contributed by atoms with Crippen molar-refractivity contribution in [1.82, 2.24) is 10.1 Å². The van der Waals surface area contributed by atoms with E-state index in [0.29, 0.717) is 5.82 Å². The summed E-state index contributed by atoms with van der Waals surface area (Å²) in [6, 6.07) is 15.1. The van der Waals surface area contributed by atoms with Crippen LogP contribution in [0.1, 0.15) is 17.9 Å². The second-order valence-electron chi connectivity index (χ2n) is 6.28. The lowest BCUT2D eigenvalue weighted by Crippen LogP contribution is -2.31. The van der Waals surface area contributed by atoms with Gasteiger partial charge in [-0.2, -0.15) is 4.98 Å². The van der Waals surface area contributed by atoms with Crippen molar-refractivity contribution in [3.05, 3.63) is 60.0 Å². The summed E-state index contributed by atoms with van der Waals surface area (Å²) in [6.07, 6.45) is -0.0381. The van der Waals surface area contributed by atoms with E-state index >= 15 is 0 Å². The molecule has 4 rings (SSSR count). The largest absolute Gasteiger partial charge is 0.456 e. The van der Waals surface area contributed by atoms with Crippen molar-refractivity contribution < 1.29 is 18.8 Å². The zero-order chi connectivity index (χ0) is 19.5. The highest BCUT2D eigenvalue weighted by Crippen LogP contribution is 2.36. The van der Waals surface area contributed by atoms with Gasteiger partial charge in [-0.15, -0.1) is 11.8 Å². The molecule has 1 N–H and O–H groups in total. The number of carbonyl (C=O) groups is 2. The molecule has 1 aromatic heterocycles. The topological polar surface area (TPSA) is 94.3 Å². The number of fused-ring (bicyclic) bond motifs is 1. The van der Waals surface area contributed by atoms with Gasteiger partial charge in [-0.05, 0) is 24.6 Å². The van der Waals surface area contributed by atoms with Crippen molar-refractivity contribution >= 4 is 29.3 Å². The molecule has 8 heteroatoms. The number of nitrogens with zero attached hydrogens (tertiary/aromatic N) is 2. The standard InChI is InChI=1S/C20H17N3O4S/c1-12-6-2-3-7-13(12)19-22-17(27-23-19)11-26-18(24)10-16-20(25)21-14-8-4-5-9-15(14)28-16/h2-9,16H,10-11H2,1H3,(H,21,25)/t16-/m1/s1. The summed E-state index contributed by atoms with van der Waals surface area (Å²) < 4.78 is 10.4. The van der Waals surface area contributed by atoms with Crippen LogP contribution >= 0.6 is 11.8 Å². The molecule has 28 heavy (non-hydrogen) atoms. The number of aryl methyl sites for hydroxylation is 1. The quantitative estimate of drug-likeness (QED) is 0.660. The van der Waals surface area contributed by atoms with E-state index in [9.17, 15) is 9.59 Å². The molecule has 2 aromatic carbocycles. The molecule has 1 aliphatic heterocycles. The van der Waals surface area contributed by atoms with Gasteiger partial charge in [0, 0.05) is 10.5 Å². The molecule has 0 unspecified atom stereocenters. The Kier molecular flexibility index (Phi) is 5.12. The number of rotatable bonds is 5. The number of benzene rings is 2. The first kappa shape index (κ1) is 18.2. The Morgan fingerprint density at radius 3 is 2.86 bits per heavy atom. The second kappa shape index (κ2) is 7.85. The smallest absolute Gasteiger partial charge is 0.307 e. The Hall–Kier alpha value is -3.13. The van der Waals surface area contributed by atoms with Crippen LogP contribution in [0, 0.1) is 6.92 Å². The molecule has 1 aliphatic rings. The highest BCUT2D eigenvalue weighted by Gasteiger charge is 2.29. The molecular formula is C20H17N3O4S. The summed E-state index contributed by atoms with van der Waals surface area (Å²) in [7, 11) is 0. The van der Waals surface area contributed by atoms with E-state index in [1.165, 1.54) is 11.8 Å². The first-order valence-corrected chi connectivity index (χ1v) is 9.59. The van der Waals surface area contributed by atoms with Crippen LogP contribution in [0.2, 0.25) is 0 Å². The lowest BCUT2D eigenvalue weighted by Gasteiger charge is -2.23. The number of ether oxygens (including phenoxy) is 1. The summed E-state index contributed by atoms with van der Waals surface area (Å²) in [4.78, 5) is 29.5. The van der Waals surface area contributed by atoms with Gasteiger partial charge < -0.3 is 14.6 Å². The molecule has 0 aliphatic carbocycles. The number of carbonyl (C=O) groups excluding carboxylic acids is 2. The predicted molar refractivity (Wildman–Crippen MR) is 104 cm³/mol. The molecule has 1 atom stereocenters. The third kappa shape index (κ3) is 3.91. The third-order valence-electron chi connectivity index (χ3n) is 4.27. The van der Waals surface area contributed by atoms with Gasteiger partial charge in [-0.3, -0.25) is 9.59 Å². The number of anilines is 1. The van der Waals surface area contributed by atoms with Crippen LogP contribution in [0.4, 0.5) is 5.69 Å². The maximum atomic E-state index is 12.2. The van der Waals surface area contributed by atoms with Gasteiger partial charge >= 0.3 is 5.97 Å². The summed E-state index contributed by atoms with van der Waals surface area (Å²) in [5.74, 6) is -0.0522. The summed E-state index contributed by atoms with van der Waals surface area (Å²) >= 11 is 1.35. The number of hydrogen-bond donors (Lipinski definition) is 1. The number of aromatic nitrogens is 2. The Bertz CT molecular complexity index is 1030. The van der Waals surface area contributed by atoms with E-state index in [0.717, 1.165) is 21.7 Å². The van der Waals surface area contributed by atoms with Gasteiger partial charge in [-0.25, -0.2) is 0 Å². The average molecular weight is 395 g/mol. The lowest BCUT2D eigenvalue weighted by atomic mass is 10.1. The Balaban J connectivity index is 1.34. The molecule has 142 valence electrons. The molecule has 0 saturated carbocycles. The minimum Gasteiger partial charge on any atom is -0.456 e. The summed E-state index contributed by atoms with van der Waals surface area (Å²) in [5.41, 5.74) is 2.64. The molecule has 0 radical (unpaired) electrons. The number of amides is 1. The van der Waals surface area contributed by atoms with Gasteiger partial charge in [0.25, 0.3) is 5.89 Å². The van der Waals surface area contributed by atoms with E-state index in [4.69, 9.17) is 9.26 Å². The van der Waals surface area contributed by atoms with Crippen LogP contribution in [0.25, 0.3) is 11.4 Å². The second-order valence-corrected chi connectivity index (χ2v) is 7.53. The predicted octanol–water partition coefficient (Wildman–Crippen LogP) is 3.59. The number of nitrogens with one attached hydrogen (secondary N) is 1. The number of hydrogen-bond acceptors (Lipinski definition) is 7. The molecule has 0 fully saturated rings. The molecule has 2 heterocycles. The van der Waals surface area contributed by atoms with Crippen LogP contribution < -0.4 is 5.32 Å². The van der Waals surface area contributed by atoms with Crippen LogP contribution in [-0.4, -0.2) is 27.3 Å². The van der Waals surface area contributed by atoms with Crippen molar-refractivity contribution in [2.75, 3.05) is 5.32 Å². The van der Waals surface area contributed by atoms with Crippen molar-refractivity contribution in [3.63, 3.8) is 0 Å². The molecule has 0 bridgehead atoms. The van der Waals surface area contributed by atoms with E-state index in [2.05, 4.69) is 15.5 Å². The Morgan fingerprint density at radius 1 is 1.21 bits per heavy atom. The van der Waals surface area contributed by atoms with Gasteiger partial charge in [0.1, 0.15) is 0 Å². The fourth-order valence-corrected chi connectivity index (χ4v) is 3.92. The van der Waals surface area contributed by atoms with Gasteiger partial charge in [0.15, 0.2) is 6.61 Å². The highest BCUT2D eigenvalue weighted by atomic mass is 32.2. The highest BCUT2D eigenvalue weighted by molar-refractivity contribution is 8.01. The monoisotopic (exact) mass is 395 g/mol. The Morgan fingerprint density at radius 2 is 2.00 bits per heavy atom. The molecule has 3 aromatic rings. The molecule has 1 amide bonds. The maximum Gasteiger partial charge on any atom is 0.307 e. The van der Waals surface area contributed by atoms with Gasteiger partial charge in [-0.1, -0.05) is 41.6 Å². The van der Waals surface area contributed by atoms with Crippen molar-refractivity contribution in [3.8, 4) is 11.4 Å². The van der Waals surface area contributed by atoms with Crippen molar-refractivity contribution in [2.45, 2.75) is 30.1 Å². The zero-order valence-electron chi connectivity index (χ0n) is 15.0. The average Bonchev–Trinajstić information content (AvgIpc) is 3.16. The lowest BCUT2D eigenvalue weighted by molar-refractivity contribution is -0.146. The van der Waals surface area contributed by atoms with Crippen LogP contribution in [0.15, 0.2) is 57.9 Å². The molecule has 0 spiro atoms. The third-order valence-corrected chi connectivity index (χ3v) is 5.54. The molecule has 7 nitrogen and oxygen atoms in total. The first-order chi connectivity index (χ1) is 13.6. The van der Waals surface area contributed by atoms with Crippen LogP contribution in [0.5, 0.6) is 0 Å². The fourth-order valence-electron chi connectivity index (χ4n) is 2.83. The Labute approximate surface area is 165 Å². The normalized spacial score (nSPS) is 15.6. The van der Waals surface area contributed by atoms with Gasteiger partial charge in [0.2, 0.25) is 11.7 Å². The minimum atomic E-state index is -0.535. The van der Waals surface area contributed by atoms with E-state index < -0.39 is 11.2 Å². The van der Waals surface area contributed by atoms with Crippen molar-refractivity contribution in [2.24, 2.45) is 0 Å². The molecule has 0 saturated heterocycles. The fraction of sp³-hybridized carbons (Fsp3) is 0.200. The van der Waals surface area contributed by atoms with Crippen molar-refractivity contribution in [1.29, 1.82) is 0 Å². The van der Waals surface area contributed by atoms with E-state index in [1.807, 2.05) is 55.5 Å². The summed E-state index contributed by atoms with van der Waals surface area (Å²) in [6.45, 7) is 1.82. The summed E-state index contributed by atoms with van der Waals surface area (Å²) in [5, 5.41) is 6.21. The number of thioether (sulfide) groups is 1. The van der Waals surface area contributed by atoms with E-state index in [1.54, 1.807) is 0 Å². The number of esters is 1. The first-order valence-electron chi connectivity index (χ1n) is 8.71.